The van der Waals surface area contributed by atoms with Crippen LogP contribution in [0, 0.1) is 5.92 Å². The van der Waals surface area contributed by atoms with Gasteiger partial charge in [0, 0.05) is 0 Å². The fraction of sp³-hybridized carbons (Fsp3) is 0.947. The van der Waals surface area contributed by atoms with Gasteiger partial charge in [-0.25, -0.2) is 0 Å². The Labute approximate surface area is 162 Å². The number of carbonyl (C=O) groups excluding carboxylic acids is 1. The molecule has 0 spiro atoms. The maximum Gasteiger partial charge on any atom is 0.224 e. The summed E-state index contributed by atoms with van der Waals surface area (Å²) >= 11 is 1.92. The van der Waals surface area contributed by atoms with Crippen LogP contribution in [0.5, 0.6) is 0 Å². The first-order valence-corrected chi connectivity index (χ1v) is 16.5. The van der Waals surface area contributed by atoms with Crippen molar-refractivity contribution in [3.8, 4) is 0 Å². The summed E-state index contributed by atoms with van der Waals surface area (Å²) in [5, 5.41) is 0.614. The number of nitrogens with zero attached hydrogens (tertiary/aromatic N) is 1. The van der Waals surface area contributed by atoms with Gasteiger partial charge >= 0.3 is 0 Å². The predicted molar refractivity (Wildman–Crippen MR) is 117 cm³/mol. The molecule has 1 aliphatic rings. The quantitative estimate of drug-likeness (QED) is 0.406. The fourth-order valence-corrected chi connectivity index (χ4v) is 8.74. The first kappa shape index (κ1) is 23.3. The summed E-state index contributed by atoms with van der Waals surface area (Å²) in [4.78, 5) is 13.2. The second kappa shape index (κ2) is 7.32. The zero-order chi connectivity index (χ0) is 20.0. The highest BCUT2D eigenvalue weighted by Gasteiger charge is 2.59. The van der Waals surface area contributed by atoms with Gasteiger partial charge in [-0.15, -0.1) is 11.8 Å². The molecular formula is C19H41NO2SSi2. The molecule has 0 bridgehead atoms. The average molecular weight is 404 g/mol. The van der Waals surface area contributed by atoms with Crippen molar-refractivity contribution in [2.75, 3.05) is 5.75 Å². The van der Waals surface area contributed by atoms with E-state index in [4.69, 9.17) is 4.43 Å². The molecule has 0 N–H and O–H groups in total. The number of amides is 1. The third-order valence-electron chi connectivity index (χ3n) is 6.65. The molecule has 1 fully saturated rings. The van der Waals surface area contributed by atoms with Crippen LogP contribution in [-0.4, -0.2) is 44.3 Å². The predicted octanol–water partition coefficient (Wildman–Crippen LogP) is 5.94. The van der Waals surface area contributed by atoms with Crippen molar-refractivity contribution in [2.45, 2.75) is 103 Å². The largest absolute Gasteiger partial charge is 0.413 e. The molecule has 1 heterocycles. The van der Waals surface area contributed by atoms with Crippen molar-refractivity contribution in [3.63, 3.8) is 0 Å². The van der Waals surface area contributed by atoms with Crippen LogP contribution in [0.15, 0.2) is 0 Å². The summed E-state index contributed by atoms with van der Waals surface area (Å²) < 4.78 is 8.85. The molecule has 3 nitrogen and oxygen atoms in total. The Hall–Kier alpha value is 0.214. The van der Waals surface area contributed by atoms with E-state index in [0.717, 1.165) is 5.75 Å². The molecule has 0 aromatic carbocycles. The van der Waals surface area contributed by atoms with Gasteiger partial charge in [-0.3, -0.25) is 4.79 Å². The maximum absolute atomic E-state index is 13.2. The van der Waals surface area contributed by atoms with Crippen LogP contribution in [0.2, 0.25) is 36.3 Å². The molecule has 0 aromatic heterocycles. The number of thioether (sulfide) groups is 1. The molecule has 6 heteroatoms. The lowest BCUT2D eigenvalue weighted by atomic mass is 9.96. The zero-order valence-corrected chi connectivity index (χ0v) is 21.4. The summed E-state index contributed by atoms with van der Waals surface area (Å²) in [6, 6.07) is 0. The van der Waals surface area contributed by atoms with E-state index in [9.17, 15) is 4.79 Å². The van der Waals surface area contributed by atoms with Gasteiger partial charge in [-0.1, -0.05) is 61.6 Å². The Morgan fingerprint density at radius 2 is 1.56 bits per heavy atom. The van der Waals surface area contributed by atoms with Gasteiger partial charge in [-0.2, -0.15) is 0 Å². The molecule has 0 aromatic rings. The number of carbonyl (C=O) groups is 1. The van der Waals surface area contributed by atoms with Crippen molar-refractivity contribution in [3.05, 3.63) is 0 Å². The Kier molecular flexibility index (Phi) is 6.81. The van der Waals surface area contributed by atoms with Crippen LogP contribution < -0.4 is 0 Å². The van der Waals surface area contributed by atoms with E-state index >= 15 is 0 Å². The Morgan fingerprint density at radius 3 is 1.92 bits per heavy atom. The topological polar surface area (TPSA) is 29.5 Å². The smallest absolute Gasteiger partial charge is 0.224 e. The van der Waals surface area contributed by atoms with Crippen molar-refractivity contribution in [2.24, 2.45) is 5.92 Å². The highest BCUT2D eigenvalue weighted by atomic mass is 32.2. The van der Waals surface area contributed by atoms with Crippen molar-refractivity contribution >= 4 is 34.2 Å². The minimum Gasteiger partial charge on any atom is -0.413 e. The van der Waals surface area contributed by atoms with Crippen LogP contribution in [0.25, 0.3) is 0 Å². The Morgan fingerprint density at radius 1 is 1.08 bits per heavy atom. The number of hydrogen-bond donors (Lipinski definition) is 0. The molecule has 3 atom stereocenters. The van der Waals surface area contributed by atoms with Crippen molar-refractivity contribution in [1.82, 2.24) is 4.57 Å². The van der Waals surface area contributed by atoms with E-state index in [0.29, 0.717) is 5.91 Å². The average Bonchev–Trinajstić information content (AvgIpc) is 2.34. The van der Waals surface area contributed by atoms with Gasteiger partial charge in [0.1, 0.15) is 0 Å². The molecule has 148 valence electrons. The normalized spacial score (nSPS) is 24.3. The molecule has 25 heavy (non-hydrogen) atoms. The lowest BCUT2D eigenvalue weighted by Crippen LogP contribution is -2.74. The standard InChI is InChI=1S/C19H41NO2SSi2/c1-13-23-17-15(14(2)22-25(11,12)19(6,7)8)16(21)20(17)24(9,10)18(3,4)5/h14-15,17H,13H2,1-12H3/t14-,15?,17+/m0/s1. The minimum absolute atomic E-state index is 0.00143. The fourth-order valence-electron chi connectivity index (χ4n) is 2.94. The molecule has 1 amide bonds. The van der Waals surface area contributed by atoms with Crippen LogP contribution in [0.1, 0.15) is 55.4 Å². The summed E-state index contributed by atoms with van der Waals surface area (Å²) in [5.41, 5.74) is 0. The lowest BCUT2D eigenvalue weighted by Gasteiger charge is -2.59. The van der Waals surface area contributed by atoms with Crippen molar-refractivity contribution < 1.29 is 9.22 Å². The highest BCUT2D eigenvalue weighted by Crippen LogP contribution is 2.49. The number of hydrogen-bond acceptors (Lipinski definition) is 3. The van der Waals surface area contributed by atoms with Gasteiger partial charge in [0.05, 0.1) is 17.4 Å². The van der Waals surface area contributed by atoms with Crippen LogP contribution >= 0.6 is 11.8 Å². The molecule has 0 saturated carbocycles. The van der Waals surface area contributed by atoms with E-state index in [2.05, 4.69) is 86.1 Å². The van der Waals surface area contributed by atoms with E-state index in [-0.39, 0.29) is 27.5 Å². The molecule has 1 unspecified atom stereocenters. The van der Waals surface area contributed by atoms with Crippen LogP contribution in [-0.2, 0) is 9.22 Å². The van der Waals surface area contributed by atoms with E-state index in [1.165, 1.54) is 0 Å². The molecule has 0 aliphatic carbocycles. The summed E-state index contributed by atoms with van der Waals surface area (Å²) in [7, 11) is -3.72. The van der Waals surface area contributed by atoms with Crippen LogP contribution in [0.4, 0.5) is 0 Å². The summed E-state index contributed by atoms with van der Waals surface area (Å²) in [6.07, 6.45) is -0.00143. The van der Waals surface area contributed by atoms with Gasteiger partial charge in [0.2, 0.25) is 5.91 Å². The molecule has 1 aliphatic heterocycles. The first-order valence-electron chi connectivity index (χ1n) is 9.61. The van der Waals surface area contributed by atoms with Gasteiger partial charge in [-0.05, 0) is 35.8 Å². The second-order valence-electron chi connectivity index (χ2n) is 10.5. The number of rotatable bonds is 6. The van der Waals surface area contributed by atoms with Crippen LogP contribution in [0.3, 0.4) is 0 Å². The third kappa shape index (κ3) is 4.38. The van der Waals surface area contributed by atoms with Gasteiger partial charge in [0.25, 0.3) is 0 Å². The molecule has 1 rings (SSSR count). The second-order valence-corrected chi connectivity index (χ2v) is 21.7. The SMILES string of the molecule is CCS[C@@H]1C([C@H](C)O[Si](C)(C)C(C)(C)C)C(=O)N1[Si](C)(C)C(C)(C)C. The molecular weight excluding hydrogens is 362 g/mol. The van der Waals surface area contributed by atoms with E-state index in [1.807, 2.05) is 11.8 Å². The maximum atomic E-state index is 13.2. The monoisotopic (exact) mass is 403 g/mol. The third-order valence-corrected chi connectivity index (χ3v) is 18.0. The van der Waals surface area contributed by atoms with Crippen molar-refractivity contribution in [1.29, 1.82) is 0 Å². The first-order chi connectivity index (χ1) is 11.0. The molecule has 1 saturated heterocycles. The highest BCUT2D eigenvalue weighted by molar-refractivity contribution is 8.00. The Balaban J connectivity index is 3.05. The zero-order valence-electron chi connectivity index (χ0n) is 18.6. The number of β-lactam (4-membered cyclic amide) rings is 1. The van der Waals surface area contributed by atoms with E-state index in [1.54, 1.807) is 0 Å². The lowest BCUT2D eigenvalue weighted by molar-refractivity contribution is -0.148. The van der Waals surface area contributed by atoms with E-state index < -0.39 is 16.6 Å². The Bertz CT molecular complexity index is 495. The summed E-state index contributed by atoms with van der Waals surface area (Å²) in [6.45, 7) is 27.2. The minimum atomic E-state index is -1.87. The summed E-state index contributed by atoms with van der Waals surface area (Å²) in [5.74, 6) is 1.36. The van der Waals surface area contributed by atoms with Gasteiger partial charge in [0.15, 0.2) is 16.6 Å². The van der Waals surface area contributed by atoms with Gasteiger partial charge < -0.3 is 8.99 Å². The molecule has 0 radical (unpaired) electrons.